The predicted octanol–water partition coefficient (Wildman–Crippen LogP) is 0.578. The SMILES string of the molecule is CN(CC1CCCC1O)C(=O)NC1CCOC1. The summed E-state index contributed by atoms with van der Waals surface area (Å²) in [6, 6.07) is 0.0954. The summed E-state index contributed by atoms with van der Waals surface area (Å²) in [6.07, 6.45) is 3.62. The van der Waals surface area contributed by atoms with E-state index in [1.807, 2.05) is 0 Å². The van der Waals surface area contributed by atoms with Gasteiger partial charge in [0.15, 0.2) is 0 Å². The van der Waals surface area contributed by atoms with Crippen molar-refractivity contribution in [1.82, 2.24) is 10.2 Å². The lowest BCUT2D eigenvalue weighted by molar-refractivity contribution is 0.113. The first kappa shape index (κ1) is 12.6. The molecule has 0 aromatic carbocycles. The summed E-state index contributed by atoms with van der Waals surface area (Å²) in [7, 11) is 1.79. The Morgan fingerprint density at radius 1 is 1.47 bits per heavy atom. The van der Waals surface area contributed by atoms with Gasteiger partial charge in [-0.1, -0.05) is 6.42 Å². The van der Waals surface area contributed by atoms with Crippen molar-refractivity contribution >= 4 is 6.03 Å². The fraction of sp³-hybridized carbons (Fsp3) is 0.917. The molecule has 2 aliphatic rings. The Hall–Kier alpha value is -0.810. The van der Waals surface area contributed by atoms with Crippen molar-refractivity contribution in [3.05, 3.63) is 0 Å². The number of ether oxygens (including phenoxy) is 1. The van der Waals surface area contributed by atoms with Gasteiger partial charge in [-0.25, -0.2) is 4.79 Å². The number of hydrogen-bond acceptors (Lipinski definition) is 3. The number of urea groups is 1. The van der Waals surface area contributed by atoms with Gasteiger partial charge < -0.3 is 20.1 Å². The lowest BCUT2D eigenvalue weighted by Gasteiger charge is -2.24. The first-order valence-electron chi connectivity index (χ1n) is 6.44. The van der Waals surface area contributed by atoms with E-state index in [-0.39, 0.29) is 24.1 Å². The molecule has 0 aromatic rings. The second-order valence-electron chi connectivity index (χ2n) is 5.15. The third-order valence-electron chi connectivity index (χ3n) is 3.73. The van der Waals surface area contributed by atoms with Gasteiger partial charge in [-0.3, -0.25) is 0 Å². The van der Waals surface area contributed by atoms with Crippen LogP contribution in [0.25, 0.3) is 0 Å². The first-order valence-corrected chi connectivity index (χ1v) is 6.44. The van der Waals surface area contributed by atoms with Crippen molar-refractivity contribution in [2.75, 3.05) is 26.8 Å². The van der Waals surface area contributed by atoms with Crippen molar-refractivity contribution in [1.29, 1.82) is 0 Å². The molecule has 5 heteroatoms. The number of carbonyl (C=O) groups excluding carboxylic acids is 1. The van der Waals surface area contributed by atoms with Gasteiger partial charge in [0.25, 0.3) is 0 Å². The Kier molecular flexibility index (Phi) is 4.23. The van der Waals surface area contributed by atoms with E-state index in [9.17, 15) is 9.90 Å². The van der Waals surface area contributed by atoms with E-state index in [0.29, 0.717) is 13.2 Å². The molecule has 1 heterocycles. The maximum absolute atomic E-state index is 11.9. The number of rotatable bonds is 3. The van der Waals surface area contributed by atoms with E-state index in [2.05, 4.69) is 5.32 Å². The van der Waals surface area contributed by atoms with Gasteiger partial charge in [-0.15, -0.1) is 0 Å². The van der Waals surface area contributed by atoms with Gasteiger partial charge in [-0.05, 0) is 19.3 Å². The molecule has 3 atom stereocenters. The van der Waals surface area contributed by atoms with Gasteiger partial charge in [0.2, 0.25) is 0 Å². The van der Waals surface area contributed by atoms with Crippen molar-refractivity contribution in [3.63, 3.8) is 0 Å². The Bertz CT molecular complexity index is 266. The number of amides is 2. The molecule has 0 spiro atoms. The second kappa shape index (κ2) is 5.69. The van der Waals surface area contributed by atoms with Crippen molar-refractivity contribution in [2.24, 2.45) is 5.92 Å². The lowest BCUT2D eigenvalue weighted by Crippen LogP contribution is -2.45. The average Bonchev–Trinajstić information content (AvgIpc) is 2.91. The standard InChI is InChI=1S/C12H22N2O3/c1-14(7-9-3-2-4-11(9)15)12(16)13-10-5-6-17-8-10/h9-11,15H,2-8H2,1H3,(H,13,16). The summed E-state index contributed by atoms with van der Waals surface area (Å²) in [5.74, 6) is 0.241. The molecule has 3 unspecified atom stereocenters. The van der Waals surface area contributed by atoms with Crippen LogP contribution in [0.1, 0.15) is 25.7 Å². The molecule has 0 bridgehead atoms. The monoisotopic (exact) mass is 242 g/mol. The van der Waals surface area contributed by atoms with E-state index in [1.165, 1.54) is 0 Å². The van der Waals surface area contributed by atoms with Crippen molar-refractivity contribution in [3.8, 4) is 0 Å². The minimum absolute atomic E-state index is 0.0559. The summed E-state index contributed by atoms with van der Waals surface area (Å²) in [5, 5.41) is 12.7. The Labute approximate surface area is 102 Å². The molecule has 2 amide bonds. The van der Waals surface area contributed by atoms with Gasteiger partial charge in [0, 0.05) is 26.1 Å². The van der Waals surface area contributed by atoms with Crippen LogP contribution in [0.5, 0.6) is 0 Å². The van der Waals surface area contributed by atoms with E-state index >= 15 is 0 Å². The smallest absolute Gasteiger partial charge is 0.317 e. The van der Waals surface area contributed by atoms with Gasteiger partial charge in [-0.2, -0.15) is 0 Å². The predicted molar refractivity (Wildman–Crippen MR) is 63.7 cm³/mol. The molecule has 17 heavy (non-hydrogen) atoms. The Balaban J connectivity index is 1.74. The molecule has 2 rings (SSSR count). The van der Waals surface area contributed by atoms with E-state index < -0.39 is 0 Å². The minimum atomic E-state index is -0.236. The summed E-state index contributed by atoms with van der Waals surface area (Å²) in [6.45, 7) is 1.99. The largest absolute Gasteiger partial charge is 0.393 e. The molecular formula is C12H22N2O3. The Morgan fingerprint density at radius 3 is 2.88 bits per heavy atom. The van der Waals surface area contributed by atoms with E-state index in [1.54, 1.807) is 11.9 Å². The zero-order valence-corrected chi connectivity index (χ0v) is 10.4. The third-order valence-corrected chi connectivity index (χ3v) is 3.73. The fourth-order valence-electron chi connectivity index (χ4n) is 2.60. The van der Waals surface area contributed by atoms with Crippen LogP contribution in [0, 0.1) is 5.92 Å². The van der Waals surface area contributed by atoms with Crippen LogP contribution < -0.4 is 5.32 Å². The van der Waals surface area contributed by atoms with Crippen LogP contribution >= 0.6 is 0 Å². The van der Waals surface area contributed by atoms with E-state index in [0.717, 1.165) is 32.3 Å². The summed E-state index contributed by atoms with van der Waals surface area (Å²) < 4.78 is 5.21. The van der Waals surface area contributed by atoms with Gasteiger partial charge in [0.1, 0.15) is 0 Å². The van der Waals surface area contributed by atoms with Crippen LogP contribution in [0.4, 0.5) is 4.79 Å². The lowest BCUT2D eigenvalue weighted by atomic mass is 10.1. The quantitative estimate of drug-likeness (QED) is 0.761. The summed E-state index contributed by atoms with van der Waals surface area (Å²) >= 11 is 0. The highest BCUT2D eigenvalue weighted by atomic mass is 16.5. The van der Waals surface area contributed by atoms with Crippen LogP contribution in [-0.4, -0.2) is 55.0 Å². The number of hydrogen-bond donors (Lipinski definition) is 2. The molecule has 1 aliphatic heterocycles. The topological polar surface area (TPSA) is 61.8 Å². The number of aliphatic hydroxyl groups is 1. The average molecular weight is 242 g/mol. The molecule has 1 aliphatic carbocycles. The first-order chi connectivity index (χ1) is 8.16. The molecule has 0 aromatic heterocycles. The summed E-state index contributed by atoms with van der Waals surface area (Å²) in [4.78, 5) is 13.5. The number of nitrogens with zero attached hydrogens (tertiary/aromatic N) is 1. The van der Waals surface area contributed by atoms with Crippen LogP contribution in [0.3, 0.4) is 0 Å². The van der Waals surface area contributed by atoms with Crippen LogP contribution in [-0.2, 0) is 4.74 Å². The van der Waals surface area contributed by atoms with Crippen LogP contribution in [0.15, 0.2) is 0 Å². The Morgan fingerprint density at radius 2 is 2.29 bits per heavy atom. The third kappa shape index (κ3) is 3.33. The highest BCUT2D eigenvalue weighted by molar-refractivity contribution is 5.74. The molecule has 98 valence electrons. The molecule has 2 N–H and O–H groups in total. The van der Waals surface area contributed by atoms with E-state index in [4.69, 9.17) is 4.74 Å². The molecule has 2 fully saturated rings. The fourth-order valence-corrected chi connectivity index (χ4v) is 2.60. The second-order valence-corrected chi connectivity index (χ2v) is 5.15. The molecule has 1 saturated carbocycles. The van der Waals surface area contributed by atoms with Gasteiger partial charge in [0.05, 0.1) is 18.8 Å². The highest BCUT2D eigenvalue weighted by Crippen LogP contribution is 2.25. The highest BCUT2D eigenvalue weighted by Gasteiger charge is 2.28. The normalized spacial score (nSPS) is 32.7. The number of nitrogens with one attached hydrogen (secondary N) is 1. The molecule has 0 radical (unpaired) electrons. The van der Waals surface area contributed by atoms with Crippen LogP contribution in [0.2, 0.25) is 0 Å². The molecular weight excluding hydrogens is 220 g/mol. The maximum atomic E-state index is 11.9. The molecule has 1 saturated heterocycles. The summed E-state index contributed by atoms with van der Waals surface area (Å²) in [5.41, 5.74) is 0. The van der Waals surface area contributed by atoms with Gasteiger partial charge >= 0.3 is 6.03 Å². The maximum Gasteiger partial charge on any atom is 0.317 e. The number of carbonyl (C=O) groups is 1. The van der Waals surface area contributed by atoms with Crippen molar-refractivity contribution in [2.45, 2.75) is 37.8 Å². The zero-order chi connectivity index (χ0) is 12.3. The number of aliphatic hydroxyl groups excluding tert-OH is 1. The zero-order valence-electron chi connectivity index (χ0n) is 10.4. The van der Waals surface area contributed by atoms with Crippen molar-refractivity contribution < 1.29 is 14.6 Å². The minimum Gasteiger partial charge on any atom is -0.393 e. The molecule has 5 nitrogen and oxygen atoms in total.